The second-order valence-electron chi connectivity index (χ2n) is 15.7. The highest BCUT2D eigenvalue weighted by Crippen LogP contribution is 2.14. The fourth-order valence-corrected chi connectivity index (χ4v) is 6.63. The molecule has 0 bridgehead atoms. The molecule has 5 nitrogen and oxygen atoms in total. The van der Waals surface area contributed by atoms with Crippen molar-refractivity contribution < 1.29 is 23.8 Å². The van der Waals surface area contributed by atoms with Crippen LogP contribution in [0, 0.1) is 0 Å². The molecule has 0 saturated carbocycles. The first-order chi connectivity index (χ1) is 26.6. The Hall–Kier alpha value is -1.88. The molecular formula is C49H90O5. The summed E-state index contributed by atoms with van der Waals surface area (Å²) in [4.78, 5) is 25.2. The van der Waals surface area contributed by atoms with Gasteiger partial charge in [0.05, 0.1) is 6.61 Å². The summed E-state index contributed by atoms with van der Waals surface area (Å²) >= 11 is 0. The van der Waals surface area contributed by atoms with E-state index >= 15 is 0 Å². The van der Waals surface area contributed by atoms with E-state index in [9.17, 15) is 9.59 Å². The number of unbranched alkanes of at least 4 members (excludes halogenated alkanes) is 26. The molecule has 0 spiro atoms. The van der Waals surface area contributed by atoms with Gasteiger partial charge in [-0.15, -0.1) is 0 Å². The van der Waals surface area contributed by atoms with Crippen LogP contribution in [-0.4, -0.2) is 37.9 Å². The number of allylic oxidation sites excluding steroid dienone is 6. The minimum atomic E-state index is -0.532. The minimum absolute atomic E-state index is 0.0832. The Morgan fingerprint density at radius 3 is 1.28 bits per heavy atom. The van der Waals surface area contributed by atoms with E-state index in [1.54, 1.807) is 0 Å². The van der Waals surface area contributed by atoms with E-state index in [1.807, 2.05) is 0 Å². The molecule has 0 radical (unpaired) electrons. The molecule has 54 heavy (non-hydrogen) atoms. The predicted molar refractivity (Wildman–Crippen MR) is 233 cm³/mol. The summed E-state index contributed by atoms with van der Waals surface area (Å²) in [6.07, 6.45) is 52.8. The van der Waals surface area contributed by atoms with Crippen LogP contribution in [0.25, 0.3) is 0 Å². The van der Waals surface area contributed by atoms with Gasteiger partial charge in [-0.1, -0.05) is 205 Å². The monoisotopic (exact) mass is 759 g/mol. The van der Waals surface area contributed by atoms with Crippen molar-refractivity contribution in [3.63, 3.8) is 0 Å². The summed E-state index contributed by atoms with van der Waals surface area (Å²) in [5, 5.41) is 0. The highest BCUT2D eigenvalue weighted by atomic mass is 16.6. The first-order valence-corrected chi connectivity index (χ1v) is 23.5. The highest BCUT2D eigenvalue weighted by molar-refractivity contribution is 5.70. The second-order valence-corrected chi connectivity index (χ2v) is 15.7. The topological polar surface area (TPSA) is 61.8 Å². The lowest BCUT2D eigenvalue weighted by Crippen LogP contribution is -2.30. The lowest BCUT2D eigenvalue weighted by molar-refractivity contribution is -0.163. The van der Waals surface area contributed by atoms with Gasteiger partial charge in [0.25, 0.3) is 0 Å². The fraction of sp³-hybridized carbons (Fsp3) is 0.837. The molecular weight excluding hydrogens is 669 g/mol. The Kier molecular flexibility index (Phi) is 43.9. The van der Waals surface area contributed by atoms with Crippen molar-refractivity contribution in [1.82, 2.24) is 0 Å². The molecule has 0 aromatic heterocycles. The third kappa shape index (κ3) is 42.9. The summed E-state index contributed by atoms with van der Waals surface area (Å²) < 4.78 is 17.3. The van der Waals surface area contributed by atoms with Crippen LogP contribution in [0.3, 0.4) is 0 Å². The number of hydrogen-bond donors (Lipinski definition) is 0. The second kappa shape index (κ2) is 45.5. The van der Waals surface area contributed by atoms with E-state index in [0.717, 1.165) is 57.8 Å². The third-order valence-electron chi connectivity index (χ3n) is 10.2. The molecule has 0 aliphatic carbocycles. The molecule has 0 aromatic carbocycles. The van der Waals surface area contributed by atoms with Crippen LogP contribution in [0.1, 0.15) is 239 Å². The Labute approximate surface area is 336 Å². The standard InChI is InChI=1S/C49H90O5/c1-4-7-10-13-16-19-21-22-23-24-25-26-27-28-29-31-33-36-39-42-48(50)53-46-47(45-52-44-41-38-35-32-20-17-14-11-8-5-2)54-49(51)43-40-37-34-30-18-15-12-9-6-3/h16,19,22-23,25-26,47H,4-15,17-18,20-21,24,27-46H2,1-3H3/b19-16-,23-22-,26-25-. The van der Waals surface area contributed by atoms with Crippen molar-refractivity contribution in [3.8, 4) is 0 Å². The van der Waals surface area contributed by atoms with Crippen LogP contribution in [-0.2, 0) is 23.8 Å². The van der Waals surface area contributed by atoms with E-state index in [1.165, 1.54) is 148 Å². The van der Waals surface area contributed by atoms with Crippen molar-refractivity contribution in [3.05, 3.63) is 36.5 Å². The molecule has 0 fully saturated rings. The molecule has 0 rings (SSSR count). The molecule has 0 N–H and O–H groups in total. The van der Waals surface area contributed by atoms with Crippen LogP contribution in [0.2, 0.25) is 0 Å². The summed E-state index contributed by atoms with van der Waals surface area (Å²) in [5.74, 6) is -0.405. The van der Waals surface area contributed by atoms with E-state index in [0.29, 0.717) is 19.4 Å². The van der Waals surface area contributed by atoms with E-state index < -0.39 is 6.10 Å². The first kappa shape index (κ1) is 52.1. The SMILES string of the molecule is CCCCC/C=C\C/C=C\C/C=C\CCCCCCCCC(=O)OCC(COCCCCCCCCCCCC)OC(=O)CCCCCCCCCCC. The maximum Gasteiger partial charge on any atom is 0.306 e. The molecule has 1 atom stereocenters. The number of carbonyl (C=O) groups is 2. The van der Waals surface area contributed by atoms with Crippen LogP contribution in [0.4, 0.5) is 0 Å². The summed E-state index contributed by atoms with van der Waals surface area (Å²) in [6, 6.07) is 0. The first-order valence-electron chi connectivity index (χ1n) is 23.5. The maximum atomic E-state index is 12.7. The number of hydrogen-bond acceptors (Lipinski definition) is 5. The number of rotatable bonds is 43. The Bertz CT molecular complexity index is 862. The van der Waals surface area contributed by atoms with Gasteiger partial charge in [-0.25, -0.2) is 0 Å². The van der Waals surface area contributed by atoms with Gasteiger partial charge in [0.2, 0.25) is 0 Å². The molecule has 0 saturated heterocycles. The molecule has 0 aliphatic rings. The van der Waals surface area contributed by atoms with Crippen molar-refractivity contribution >= 4 is 11.9 Å². The Morgan fingerprint density at radius 1 is 0.407 bits per heavy atom. The minimum Gasteiger partial charge on any atom is -0.462 e. The zero-order valence-electron chi connectivity index (χ0n) is 36.2. The van der Waals surface area contributed by atoms with Gasteiger partial charge in [0.15, 0.2) is 6.10 Å². The highest BCUT2D eigenvalue weighted by Gasteiger charge is 2.17. The van der Waals surface area contributed by atoms with Crippen molar-refractivity contribution in [2.75, 3.05) is 19.8 Å². The molecule has 316 valence electrons. The van der Waals surface area contributed by atoms with Crippen LogP contribution < -0.4 is 0 Å². The third-order valence-corrected chi connectivity index (χ3v) is 10.2. The van der Waals surface area contributed by atoms with Gasteiger partial charge >= 0.3 is 11.9 Å². The normalized spacial score (nSPS) is 12.4. The van der Waals surface area contributed by atoms with Gasteiger partial charge in [-0.2, -0.15) is 0 Å². The van der Waals surface area contributed by atoms with E-state index in [2.05, 4.69) is 57.2 Å². The van der Waals surface area contributed by atoms with Gasteiger partial charge in [0, 0.05) is 19.4 Å². The smallest absolute Gasteiger partial charge is 0.306 e. The van der Waals surface area contributed by atoms with Crippen molar-refractivity contribution in [2.24, 2.45) is 0 Å². The zero-order valence-corrected chi connectivity index (χ0v) is 36.2. The van der Waals surface area contributed by atoms with Gasteiger partial charge in [-0.3, -0.25) is 9.59 Å². The molecule has 1 unspecified atom stereocenters. The number of ether oxygens (including phenoxy) is 3. The molecule has 0 amide bonds. The fourth-order valence-electron chi connectivity index (χ4n) is 6.63. The maximum absolute atomic E-state index is 12.7. The quantitative estimate of drug-likeness (QED) is 0.0352. The van der Waals surface area contributed by atoms with Crippen LogP contribution in [0.15, 0.2) is 36.5 Å². The lowest BCUT2D eigenvalue weighted by atomic mass is 10.1. The Morgan fingerprint density at radius 2 is 0.778 bits per heavy atom. The predicted octanol–water partition coefficient (Wildman–Crippen LogP) is 15.4. The van der Waals surface area contributed by atoms with Crippen molar-refractivity contribution in [1.29, 1.82) is 0 Å². The van der Waals surface area contributed by atoms with E-state index in [-0.39, 0.29) is 25.2 Å². The van der Waals surface area contributed by atoms with E-state index in [4.69, 9.17) is 14.2 Å². The average molecular weight is 759 g/mol. The molecule has 5 heteroatoms. The van der Waals surface area contributed by atoms with Gasteiger partial charge in [0.1, 0.15) is 6.61 Å². The lowest BCUT2D eigenvalue weighted by Gasteiger charge is -2.18. The summed E-state index contributed by atoms with van der Waals surface area (Å²) in [7, 11) is 0. The average Bonchev–Trinajstić information content (AvgIpc) is 3.17. The largest absolute Gasteiger partial charge is 0.462 e. The number of carbonyl (C=O) groups excluding carboxylic acids is 2. The van der Waals surface area contributed by atoms with Crippen LogP contribution in [0.5, 0.6) is 0 Å². The number of esters is 2. The van der Waals surface area contributed by atoms with Gasteiger partial charge < -0.3 is 14.2 Å². The Balaban J connectivity index is 4.16. The summed E-state index contributed by atoms with van der Waals surface area (Å²) in [6.45, 7) is 7.79. The van der Waals surface area contributed by atoms with Crippen LogP contribution >= 0.6 is 0 Å². The molecule has 0 aliphatic heterocycles. The summed E-state index contributed by atoms with van der Waals surface area (Å²) in [5.41, 5.74) is 0. The molecule has 0 aromatic rings. The van der Waals surface area contributed by atoms with Gasteiger partial charge in [-0.05, 0) is 57.8 Å². The zero-order chi connectivity index (χ0) is 39.3. The van der Waals surface area contributed by atoms with Crippen molar-refractivity contribution in [2.45, 2.75) is 245 Å². The molecule has 0 heterocycles.